The Labute approximate surface area is 152 Å². The standard InChI is InChI=1S/C22H22N2S/c1-3-7-21-19(6-1)20(13-23-21)16-9-11-24(12-10-16)14-17-15-25-22-8-4-2-5-18(17)22/h1-8,13,15-16,23H,9-12,14H2. The molecular formula is C22H22N2S. The van der Waals surface area contributed by atoms with E-state index < -0.39 is 0 Å². The second kappa shape index (κ2) is 6.32. The first-order valence-electron chi connectivity index (χ1n) is 9.12. The average molecular weight is 346 g/mol. The lowest BCUT2D eigenvalue weighted by atomic mass is 9.89. The van der Waals surface area contributed by atoms with E-state index in [4.69, 9.17) is 0 Å². The normalized spacial score (nSPS) is 16.8. The van der Waals surface area contributed by atoms with Gasteiger partial charge in [0, 0.05) is 28.3 Å². The predicted octanol–water partition coefficient (Wildman–Crippen LogP) is 5.76. The predicted molar refractivity (Wildman–Crippen MR) is 107 cm³/mol. The maximum absolute atomic E-state index is 3.44. The molecule has 0 atom stereocenters. The van der Waals surface area contributed by atoms with E-state index in [0.29, 0.717) is 5.92 Å². The monoisotopic (exact) mass is 346 g/mol. The Kier molecular flexibility index (Phi) is 3.84. The first-order chi connectivity index (χ1) is 12.4. The number of aromatic nitrogens is 1. The van der Waals surface area contributed by atoms with E-state index in [-0.39, 0.29) is 0 Å². The third kappa shape index (κ3) is 2.78. The number of rotatable bonds is 3. The number of thiophene rings is 1. The lowest BCUT2D eigenvalue weighted by Gasteiger charge is -2.31. The largest absolute Gasteiger partial charge is 0.361 e. The summed E-state index contributed by atoms with van der Waals surface area (Å²) in [6, 6.07) is 17.5. The fourth-order valence-electron chi connectivity index (χ4n) is 4.23. The zero-order valence-electron chi connectivity index (χ0n) is 14.2. The Balaban J connectivity index is 1.30. The molecule has 0 unspecified atom stereocenters. The van der Waals surface area contributed by atoms with Crippen LogP contribution in [-0.4, -0.2) is 23.0 Å². The van der Waals surface area contributed by atoms with Crippen molar-refractivity contribution in [1.82, 2.24) is 9.88 Å². The van der Waals surface area contributed by atoms with Crippen LogP contribution in [0.5, 0.6) is 0 Å². The Morgan fingerprint density at radius 2 is 1.72 bits per heavy atom. The minimum atomic E-state index is 0.687. The molecule has 5 rings (SSSR count). The number of para-hydroxylation sites is 1. The summed E-state index contributed by atoms with van der Waals surface area (Å²) < 4.78 is 1.41. The quantitative estimate of drug-likeness (QED) is 0.499. The van der Waals surface area contributed by atoms with Gasteiger partial charge in [-0.05, 0) is 65.9 Å². The van der Waals surface area contributed by atoms with Crippen LogP contribution >= 0.6 is 11.3 Å². The molecule has 2 nitrogen and oxygen atoms in total. The van der Waals surface area contributed by atoms with Crippen LogP contribution in [0.25, 0.3) is 21.0 Å². The highest BCUT2D eigenvalue weighted by molar-refractivity contribution is 7.17. The highest BCUT2D eigenvalue weighted by Gasteiger charge is 2.23. The van der Waals surface area contributed by atoms with Gasteiger partial charge in [-0.15, -0.1) is 11.3 Å². The summed E-state index contributed by atoms with van der Waals surface area (Å²) in [7, 11) is 0. The maximum Gasteiger partial charge on any atom is 0.0456 e. The number of piperidine rings is 1. The van der Waals surface area contributed by atoms with Crippen LogP contribution in [0.15, 0.2) is 60.1 Å². The van der Waals surface area contributed by atoms with E-state index in [1.807, 2.05) is 11.3 Å². The molecule has 0 amide bonds. The van der Waals surface area contributed by atoms with E-state index in [2.05, 4.69) is 70.0 Å². The molecular weight excluding hydrogens is 324 g/mol. The van der Waals surface area contributed by atoms with Crippen molar-refractivity contribution in [3.63, 3.8) is 0 Å². The topological polar surface area (TPSA) is 19.0 Å². The van der Waals surface area contributed by atoms with E-state index in [9.17, 15) is 0 Å². The van der Waals surface area contributed by atoms with Gasteiger partial charge < -0.3 is 4.98 Å². The summed E-state index contributed by atoms with van der Waals surface area (Å²) in [5.41, 5.74) is 4.27. The number of H-pyrrole nitrogens is 1. The van der Waals surface area contributed by atoms with Crippen molar-refractivity contribution in [1.29, 1.82) is 0 Å². The molecule has 0 spiro atoms. The fraction of sp³-hybridized carbons (Fsp3) is 0.273. The van der Waals surface area contributed by atoms with Gasteiger partial charge >= 0.3 is 0 Å². The highest BCUT2D eigenvalue weighted by Crippen LogP contribution is 2.34. The van der Waals surface area contributed by atoms with E-state index >= 15 is 0 Å². The minimum absolute atomic E-state index is 0.687. The molecule has 0 saturated carbocycles. The number of hydrogen-bond donors (Lipinski definition) is 1. The molecule has 3 heteroatoms. The van der Waals surface area contributed by atoms with Crippen molar-refractivity contribution in [3.05, 3.63) is 71.2 Å². The van der Waals surface area contributed by atoms with Crippen molar-refractivity contribution in [2.24, 2.45) is 0 Å². The third-order valence-corrected chi connectivity index (χ3v) is 6.62. The number of fused-ring (bicyclic) bond motifs is 2. The van der Waals surface area contributed by atoms with Gasteiger partial charge in [0.05, 0.1) is 0 Å². The third-order valence-electron chi connectivity index (χ3n) is 5.60. The van der Waals surface area contributed by atoms with Gasteiger partial charge in [-0.1, -0.05) is 36.4 Å². The SMILES string of the molecule is c1ccc2c(C3CCN(Cc4csc5ccccc45)CC3)c[nH]c2c1. The van der Waals surface area contributed by atoms with Crippen LogP contribution in [0.4, 0.5) is 0 Å². The molecule has 0 aliphatic carbocycles. The summed E-state index contributed by atoms with van der Waals surface area (Å²) >= 11 is 1.87. The van der Waals surface area contributed by atoms with Crippen LogP contribution in [0.1, 0.15) is 29.9 Å². The number of likely N-dealkylation sites (tertiary alicyclic amines) is 1. The molecule has 25 heavy (non-hydrogen) atoms. The summed E-state index contributed by atoms with van der Waals surface area (Å²) in [6.07, 6.45) is 4.74. The summed E-state index contributed by atoms with van der Waals surface area (Å²) in [5.74, 6) is 0.687. The average Bonchev–Trinajstić information content (AvgIpc) is 3.27. The second-order valence-corrected chi connectivity index (χ2v) is 8.01. The summed E-state index contributed by atoms with van der Waals surface area (Å²) in [5, 5.41) is 5.19. The molecule has 0 radical (unpaired) electrons. The maximum atomic E-state index is 3.44. The van der Waals surface area contributed by atoms with Crippen LogP contribution in [0, 0.1) is 0 Å². The van der Waals surface area contributed by atoms with Crippen LogP contribution in [0.3, 0.4) is 0 Å². The minimum Gasteiger partial charge on any atom is -0.361 e. The van der Waals surface area contributed by atoms with E-state index in [1.54, 1.807) is 0 Å². The van der Waals surface area contributed by atoms with Crippen molar-refractivity contribution < 1.29 is 0 Å². The number of hydrogen-bond acceptors (Lipinski definition) is 2. The zero-order valence-corrected chi connectivity index (χ0v) is 15.1. The molecule has 2 aromatic heterocycles. The zero-order chi connectivity index (χ0) is 16.6. The van der Waals surface area contributed by atoms with E-state index in [1.165, 1.54) is 58.0 Å². The van der Waals surface area contributed by atoms with Gasteiger partial charge in [0.25, 0.3) is 0 Å². The molecule has 1 N–H and O–H groups in total. The van der Waals surface area contributed by atoms with E-state index in [0.717, 1.165) is 6.54 Å². The Morgan fingerprint density at radius 1 is 0.960 bits per heavy atom. The van der Waals surface area contributed by atoms with Gasteiger partial charge in [0.15, 0.2) is 0 Å². The van der Waals surface area contributed by atoms with Crippen LogP contribution in [0.2, 0.25) is 0 Å². The smallest absolute Gasteiger partial charge is 0.0456 e. The van der Waals surface area contributed by atoms with Crippen molar-refractivity contribution >= 4 is 32.3 Å². The van der Waals surface area contributed by atoms with Gasteiger partial charge in [-0.25, -0.2) is 0 Å². The molecule has 1 fully saturated rings. The molecule has 0 bridgehead atoms. The highest BCUT2D eigenvalue weighted by atomic mass is 32.1. The number of nitrogens with zero attached hydrogens (tertiary/aromatic N) is 1. The molecule has 126 valence electrons. The van der Waals surface area contributed by atoms with Gasteiger partial charge in [0.1, 0.15) is 0 Å². The van der Waals surface area contributed by atoms with Crippen LogP contribution < -0.4 is 0 Å². The summed E-state index contributed by atoms with van der Waals surface area (Å²) in [6.45, 7) is 3.47. The first kappa shape index (κ1) is 15.2. The lowest BCUT2D eigenvalue weighted by molar-refractivity contribution is 0.206. The molecule has 1 aliphatic heterocycles. The summed E-state index contributed by atoms with van der Waals surface area (Å²) in [4.78, 5) is 6.07. The van der Waals surface area contributed by atoms with Crippen molar-refractivity contribution in [2.45, 2.75) is 25.3 Å². The fourth-order valence-corrected chi connectivity index (χ4v) is 5.18. The molecule has 1 aliphatic rings. The second-order valence-electron chi connectivity index (χ2n) is 7.10. The van der Waals surface area contributed by atoms with Crippen LogP contribution in [-0.2, 0) is 6.54 Å². The Bertz CT molecular complexity index is 1000. The van der Waals surface area contributed by atoms with Gasteiger partial charge in [-0.2, -0.15) is 0 Å². The molecule has 2 aromatic carbocycles. The van der Waals surface area contributed by atoms with Crippen molar-refractivity contribution in [3.8, 4) is 0 Å². The molecule has 4 aromatic rings. The number of nitrogens with one attached hydrogen (secondary N) is 1. The Hall–Kier alpha value is -2.10. The molecule has 3 heterocycles. The lowest BCUT2D eigenvalue weighted by Crippen LogP contribution is -2.32. The van der Waals surface area contributed by atoms with Gasteiger partial charge in [-0.3, -0.25) is 4.90 Å². The first-order valence-corrected chi connectivity index (χ1v) is 10.00. The number of benzene rings is 2. The molecule has 1 saturated heterocycles. The Morgan fingerprint density at radius 3 is 2.60 bits per heavy atom. The number of aromatic amines is 1. The van der Waals surface area contributed by atoms with Crippen molar-refractivity contribution in [2.75, 3.05) is 13.1 Å². The van der Waals surface area contributed by atoms with Gasteiger partial charge in [0.2, 0.25) is 0 Å².